The number of aliphatic imine (C=N–C) groups is 1. The smallest absolute Gasteiger partial charge is 0.211 e. The Kier molecular flexibility index (Phi) is 2.60. The van der Waals surface area contributed by atoms with Crippen LogP contribution in [0.25, 0.3) is 0 Å². The Bertz CT molecular complexity index is 132. The highest BCUT2D eigenvalue weighted by Crippen LogP contribution is 2.18. The second-order valence-electron chi connectivity index (χ2n) is 3.01. The van der Waals surface area contributed by atoms with E-state index in [1.807, 2.05) is 27.7 Å². The van der Waals surface area contributed by atoms with E-state index < -0.39 is 0 Å². The molecule has 0 aliphatic heterocycles. The lowest BCUT2D eigenvalue weighted by molar-refractivity contribution is 0.374. The second-order valence-corrected chi connectivity index (χ2v) is 3.01. The number of isocyanates is 1. The Morgan fingerprint density at radius 3 is 2.00 bits per heavy atom. The Hall–Kier alpha value is -0.620. The lowest BCUT2D eigenvalue weighted by atomic mass is 9.92. The summed E-state index contributed by atoms with van der Waals surface area (Å²) in [4.78, 5) is 13.5. The van der Waals surface area contributed by atoms with Gasteiger partial charge >= 0.3 is 0 Å². The van der Waals surface area contributed by atoms with Gasteiger partial charge in [0.25, 0.3) is 0 Å². The molecule has 2 heteroatoms. The summed E-state index contributed by atoms with van der Waals surface area (Å²) < 4.78 is 0. The van der Waals surface area contributed by atoms with Crippen LogP contribution in [0, 0.1) is 5.92 Å². The predicted molar refractivity (Wildman–Crippen MR) is 37.0 cm³/mol. The van der Waals surface area contributed by atoms with Gasteiger partial charge in [-0.2, -0.15) is 4.99 Å². The maximum absolute atomic E-state index is 9.83. The maximum atomic E-state index is 9.83. The highest BCUT2D eigenvalue weighted by molar-refractivity contribution is 5.34. The van der Waals surface area contributed by atoms with Crippen molar-refractivity contribution in [2.24, 2.45) is 10.9 Å². The van der Waals surface area contributed by atoms with Crippen LogP contribution >= 0.6 is 0 Å². The molecule has 0 unspecified atom stereocenters. The molecule has 0 saturated heterocycles. The van der Waals surface area contributed by atoms with Crippen molar-refractivity contribution >= 4 is 6.08 Å². The fourth-order valence-electron chi connectivity index (χ4n) is 0.247. The van der Waals surface area contributed by atoms with Crippen LogP contribution in [-0.2, 0) is 4.79 Å². The summed E-state index contributed by atoms with van der Waals surface area (Å²) in [5.74, 6) is 0.388. The molecule has 0 aromatic heterocycles. The van der Waals surface area contributed by atoms with Crippen LogP contribution < -0.4 is 0 Å². The van der Waals surface area contributed by atoms with Gasteiger partial charge in [-0.1, -0.05) is 13.8 Å². The minimum atomic E-state index is -0.248. The minimum absolute atomic E-state index is 0.248. The van der Waals surface area contributed by atoms with Gasteiger partial charge in [0.1, 0.15) is 0 Å². The minimum Gasteiger partial charge on any atom is -0.211 e. The first-order valence-corrected chi connectivity index (χ1v) is 3.09. The van der Waals surface area contributed by atoms with Gasteiger partial charge in [0.2, 0.25) is 6.08 Å². The van der Waals surface area contributed by atoms with Crippen LogP contribution in [0.4, 0.5) is 0 Å². The normalized spacial score (nSPS) is 11.2. The summed E-state index contributed by atoms with van der Waals surface area (Å²) >= 11 is 0. The molecule has 0 aliphatic carbocycles. The SMILES string of the molecule is CC(C)C(C)(C)N=C=O. The first-order valence-electron chi connectivity index (χ1n) is 3.09. The van der Waals surface area contributed by atoms with Crippen molar-refractivity contribution in [3.8, 4) is 0 Å². The summed E-state index contributed by atoms with van der Waals surface area (Å²) in [6, 6.07) is 0. The van der Waals surface area contributed by atoms with Gasteiger partial charge in [-0.3, -0.25) is 0 Å². The van der Waals surface area contributed by atoms with Crippen LogP contribution in [-0.4, -0.2) is 11.6 Å². The summed E-state index contributed by atoms with van der Waals surface area (Å²) in [7, 11) is 0. The molecular formula is C7H13NO. The third kappa shape index (κ3) is 2.43. The van der Waals surface area contributed by atoms with Crippen molar-refractivity contribution in [3.63, 3.8) is 0 Å². The van der Waals surface area contributed by atoms with Crippen molar-refractivity contribution in [1.29, 1.82) is 0 Å². The van der Waals surface area contributed by atoms with Crippen molar-refractivity contribution in [2.75, 3.05) is 0 Å². The zero-order valence-electron chi connectivity index (χ0n) is 6.43. The maximum Gasteiger partial charge on any atom is 0.235 e. The molecule has 0 amide bonds. The van der Waals surface area contributed by atoms with E-state index in [-0.39, 0.29) is 5.54 Å². The van der Waals surface area contributed by atoms with Gasteiger partial charge in [0, 0.05) is 0 Å². The molecule has 0 aromatic carbocycles. The molecule has 0 heterocycles. The molecule has 2 nitrogen and oxygen atoms in total. The summed E-state index contributed by atoms with van der Waals surface area (Å²) in [5.41, 5.74) is -0.248. The van der Waals surface area contributed by atoms with Crippen molar-refractivity contribution in [1.82, 2.24) is 0 Å². The molecule has 0 bridgehead atoms. The summed E-state index contributed by atoms with van der Waals surface area (Å²) in [5, 5.41) is 0. The van der Waals surface area contributed by atoms with Gasteiger partial charge in [-0.15, -0.1) is 0 Å². The van der Waals surface area contributed by atoms with E-state index in [1.165, 1.54) is 0 Å². The van der Waals surface area contributed by atoms with Crippen molar-refractivity contribution < 1.29 is 4.79 Å². The Labute approximate surface area is 56.0 Å². The zero-order chi connectivity index (χ0) is 7.49. The fourth-order valence-corrected chi connectivity index (χ4v) is 0.247. The molecule has 0 aliphatic rings. The van der Waals surface area contributed by atoms with Gasteiger partial charge in [0.15, 0.2) is 0 Å². The fraction of sp³-hybridized carbons (Fsp3) is 0.857. The summed E-state index contributed by atoms with van der Waals surface area (Å²) in [6.45, 7) is 7.90. The Morgan fingerprint density at radius 2 is 1.89 bits per heavy atom. The lowest BCUT2D eigenvalue weighted by Crippen LogP contribution is -2.23. The van der Waals surface area contributed by atoms with Gasteiger partial charge in [0.05, 0.1) is 5.54 Å². The van der Waals surface area contributed by atoms with E-state index in [9.17, 15) is 4.79 Å². The average molecular weight is 127 g/mol. The molecule has 0 saturated carbocycles. The average Bonchev–Trinajstić information content (AvgIpc) is 1.65. The van der Waals surface area contributed by atoms with Crippen LogP contribution in [0.3, 0.4) is 0 Å². The van der Waals surface area contributed by atoms with E-state index in [1.54, 1.807) is 6.08 Å². The first kappa shape index (κ1) is 8.38. The van der Waals surface area contributed by atoms with E-state index in [2.05, 4.69) is 4.99 Å². The molecular weight excluding hydrogens is 114 g/mol. The van der Waals surface area contributed by atoms with Crippen LogP contribution in [0.5, 0.6) is 0 Å². The second kappa shape index (κ2) is 2.79. The highest BCUT2D eigenvalue weighted by Gasteiger charge is 2.20. The number of rotatable bonds is 2. The van der Waals surface area contributed by atoms with Crippen molar-refractivity contribution in [3.05, 3.63) is 0 Å². The van der Waals surface area contributed by atoms with E-state index in [4.69, 9.17) is 0 Å². The third-order valence-corrected chi connectivity index (χ3v) is 1.75. The summed E-state index contributed by atoms with van der Waals surface area (Å²) in [6.07, 6.45) is 1.56. The van der Waals surface area contributed by atoms with Crippen molar-refractivity contribution in [2.45, 2.75) is 33.2 Å². The quantitative estimate of drug-likeness (QED) is 0.410. The molecule has 0 spiro atoms. The highest BCUT2D eigenvalue weighted by atomic mass is 16.1. The molecule has 52 valence electrons. The first-order chi connectivity index (χ1) is 4.00. The zero-order valence-corrected chi connectivity index (χ0v) is 6.43. The number of hydrogen-bond acceptors (Lipinski definition) is 2. The number of hydrogen-bond donors (Lipinski definition) is 0. The van der Waals surface area contributed by atoms with Gasteiger partial charge < -0.3 is 0 Å². The predicted octanol–water partition coefficient (Wildman–Crippen LogP) is 1.76. The number of nitrogens with zero attached hydrogens (tertiary/aromatic N) is 1. The van der Waals surface area contributed by atoms with E-state index in [0.29, 0.717) is 5.92 Å². The number of carbonyl (C=O) groups excluding carboxylic acids is 1. The molecule has 0 atom stereocenters. The molecule has 0 radical (unpaired) electrons. The topological polar surface area (TPSA) is 29.4 Å². The monoisotopic (exact) mass is 127 g/mol. The van der Waals surface area contributed by atoms with E-state index >= 15 is 0 Å². The van der Waals surface area contributed by atoms with Crippen LogP contribution in [0.15, 0.2) is 4.99 Å². The Balaban J connectivity index is 4.18. The molecule has 0 aromatic rings. The van der Waals surface area contributed by atoms with E-state index in [0.717, 1.165) is 0 Å². The molecule has 0 fully saturated rings. The molecule has 9 heavy (non-hydrogen) atoms. The Morgan fingerprint density at radius 1 is 1.44 bits per heavy atom. The standard InChI is InChI=1S/C7H13NO/c1-6(2)7(3,4)8-5-9/h6H,1-4H3. The molecule has 0 N–H and O–H groups in total. The van der Waals surface area contributed by atoms with Gasteiger partial charge in [-0.05, 0) is 19.8 Å². The third-order valence-electron chi connectivity index (χ3n) is 1.75. The lowest BCUT2D eigenvalue weighted by Gasteiger charge is -2.21. The largest absolute Gasteiger partial charge is 0.235 e. The van der Waals surface area contributed by atoms with Gasteiger partial charge in [-0.25, -0.2) is 4.79 Å². The molecule has 0 rings (SSSR count). The van der Waals surface area contributed by atoms with Crippen LogP contribution in [0.2, 0.25) is 0 Å². The van der Waals surface area contributed by atoms with Crippen LogP contribution in [0.1, 0.15) is 27.7 Å².